The molecule has 0 radical (unpaired) electrons. The Kier molecular flexibility index (Phi) is 7.22. The number of urea groups is 1. The van der Waals surface area contributed by atoms with Gasteiger partial charge in [0.2, 0.25) is 0 Å². The van der Waals surface area contributed by atoms with Gasteiger partial charge in [-0.05, 0) is 40.8 Å². The Bertz CT molecular complexity index is 547. The number of ether oxygens (including phenoxy) is 1. The van der Waals surface area contributed by atoms with Crippen LogP contribution in [0.4, 0.5) is 4.79 Å². The molecule has 0 spiro atoms. The van der Waals surface area contributed by atoms with Crippen molar-refractivity contribution in [1.29, 1.82) is 0 Å². The minimum atomic E-state index is -0.572. The molecular weight excluding hydrogens is 324 g/mol. The first-order valence-corrected chi connectivity index (χ1v) is 8.80. The van der Waals surface area contributed by atoms with Crippen LogP contribution in [0.2, 0.25) is 0 Å². The summed E-state index contributed by atoms with van der Waals surface area (Å²) in [4.78, 5) is 13.7. The first-order valence-electron chi connectivity index (χ1n) is 8.80. The second-order valence-electron chi connectivity index (χ2n) is 7.18. The van der Waals surface area contributed by atoms with Crippen molar-refractivity contribution in [1.82, 2.24) is 20.7 Å². The molecule has 25 heavy (non-hydrogen) atoms. The molecule has 0 aliphatic carbocycles. The van der Waals surface area contributed by atoms with Crippen LogP contribution in [0.1, 0.15) is 38.1 Å². The van der Waals surface area contributed by atoms with Crippen molar-refractivity contribution in [3.8, 4) is 0 Å². The predicted molar refractivity (Wildman–Crippen MR) is 93.2 cm³/mol. The highest BCUT2D eigenvalue weighted by atomic mass is 16.5. The molecule has 1 aromatic heterocycles. The number of carbonyl (C=O) groups excluding carboxylic acids is 1. The Morgan fingerprint density at radius 2 is 2.20 bits per heavy atom. The zero-order chi connectivity index (χ0) is 18.4. The van der Waals surface area contributed by atoms with E-state index < -0.39 is 12.2 Å². The lowest BCUT2D eigenvalue weighted by Crippen LogP contribution is -2.49. The van der Waals surface area contributed by atoms with Crippen molar-refractivity contribution in [3.63, 3.8) is 0 Å². The average molecular weight is 354 g/mol. The van der Waals surface area contributed by atoms with Gasteiger partial charge in [0, 0.05) is 25.1 Å². The Hall–Kier alpha value is -1.64. The van der Waals surface area contributed by atoms with Crippen molar-refractivity contribution < 1.29 is 19.2 Å². The summed E-state index contributed by atoms with van der Waals surface area (Å²) < 4.78 is 11.3. The molecule has 1 aromatic rings. The third kappa shape index (κ3) is 6.64. The van der Waals surface area contributed by atoms with Gasteiger partial charge in [-0.3, -0.25) is 0 Å². The zero-order valence-corrected chi connectivity index (χ0v) is 15.5. The van der Waals surface area contributed by atoms with Gasteiger partial charge < -0.3 is 29.9 Å². The largest absolute Gasteiger partial charge is 0.390 e. The molecule has 1 aliphatic rings. The van der Waals surface area contributed by atoms with Crippen LogP contribution in [0.3, 0.4) is 0 Å². The first kappa shape index (κ1) is 19.7. The number of amides is 2. The van der Waals surface area contributed by atoms with Gasteiger partial charge in [0.15, 0.2) is 5.76 Å². The van der Waals surface area contributed by atoms with Crippen LogP contribution in [-0.2, 0) is 17.7 Å². The van der Waals surface area contributed by atoms with Gasteiger partial charge in [-0.2, -0.15) is 0 Å². The Morgan fingerprint density at radius 3 is 2.88 bits per heavy atom. The standard InChI is InChI=1S/C17H30N4O4/c1-11(2)19-17(23)18-9-16-15(22)6-5-13(24-16)7-12-8-14(25-20-12)10-21(3)4/h8,11,13,15-16,22H,5-7,9-10H2,1-4H3,(H2,18,19,23)/t13-,15-,16+/m0/s1. The average Bonchev–Trinajstić information content (AvgIpc) is 2.93. The van der Waals surface area contributed by atoms with Crippen LogP contribution in [-0.4, -0.2) is 66.2 Å². The number of aliphatic hydroxyl groups is 1. The molecule has 0 unspecified atom stereocenters. The van der Waals surface area contributed by atoms with E-state index in [0.29, 0.717) is 19.4 Å². The SMILES string of the molecule is CC(C)NC(=O)NC[C@H]1O[C@H](Cc2cc(CN(C)C)on2)CC[C@@H]1O. The molecule has 2 heterocycles. The second kappa shape index (κ2) is 9.17. The number of nitrogens with one attached hydrogen (secondary N) is 2. The van der Waals surface area contributed by atoms with Crippen LogP contribution in [0.5, 0.6) is 0 Å². The maximum absolute atomic E-state index is 11.7. The third-order valence-corrected chi connectivity index (χ3v) is 3.98. The monoisotopic (exact) mass is 354 g/mol. The fraction of sp³-hybridized carbons (Fsp3) is 0.765. The fourth-order valence-electron chi connectivity index (χ4n) is 2.86. The summed E-state index contributed by atoms with van der Waals surface area (Å²) in [5.41, 5.74) is 0.850. The second-order valence-corrected chi connectivity index (χ2v) is 7.18. The fourth-order valence-corrected chi connectivity index (χ4v) is 2.86. The molecule has 0 aromatic carbocycles. The lowest BCUT2D eigenvalue weighted by atomic mass is 9.98. The van der Waals surface area contributed by atoms with Crippen molar-refractivity contribution >= 4 is 6.03 Å². The minimum absolute atomic E-state index is 0.0410. The van der Waals surface area contributed by atoms with Gasteiger partial charge in [0.25, 0.3) is 0 Å². The number of hydrogen-bond acceptors (Lipinski definition) is 6. The molecule has 1 saturated heterocycles. The van der Waals surface area contributed by atoms with Crippen molar-refractivity contribution in [2.24, 2.45) is 0 Å². The number of nitrogens with zero attached hydrogens (tertiary/aromatic N) is 2. The van der Waals surface area contributed by atoms with Crippen LogP contribution >= 0.6 is 0 Å². The quantitative estimate of drug-likeness (QED) is 0.673. The van der Waals surface area contributed by atoms with E-state index >= 15 is 0 Å². The maximum atomic E-state index is 11.7. The molecule has 2 rings (SSSR count). The van der Waals surface area contributed by atoms with Crippen LogP contribution in [0, 0.1) is 0 Å². The van der Waals surface area contributed by atoms with Crippen molar-refractivity contribution in [2.45, 2.75) is 64.0 Å². The smallest absolute Gasteiger partial charge is 0.315 e. The van der Waals surface area contributed by atoms with Crippen molar-refractivity contribution in [3.05, 3.63) is 17.5 Å². The Morgan fingerprint density at radius 1 is 1.44 bits per heavy atom. The number of aromatic nitrogens is 1. The Balaban J connectivity index is 1.82. The van der Waals surface area contributed by atoms with E-state index in [1.54, 1.807) is 0 Å². The van der Waals surface area contributed by atoms with E-state index in [9.17, 15) is 9.90 Å². The Labute approximate surface area is 148 Å². The highest BCUT2D eigenvalue weighted by Gasteiger charge is 2.30. The lowest BCUT2D eigenvalue weighted by Gasteiger charge is -2.33. The summed E-state index contributed by atoms with van der Waals surface area (Å²) in [5.74, 6) is 0.819. The van der Waals surface area contributed by atoms with E-state index in [-0.39, 0.29) is 24.7 Å². The maximum Gasteiger partial charge on any atom is 0.315 e. The molecule has 8 nitrogen and oxygen atoms in total. The number of hydrogen-bond donors (Lipinski definition) is 3. The summed E-state index contributed by atoms with van der Waals surface area (Å²) >= 11 is 0. The van der Waals surface area contributed by atoms with Gasteiger partial charge in [-0.15, -0.1) is 0 Å². The third-order valence-electron chi connectivity index (χ3n) is 3.98. The van der Waals surface area contributed by atoms with E-state index in [1.165, 1.54) is 0 Å². The van der Waals surface area contributed by atoms with Gasteiger partial charge in [-0.1, -0.05) is 5.16 Å². The molecule has 1 fully saturated rings. The van der Waals surface area contributed by atoms with E-state index in [2.05, 4.69) is 15.8 Å². The normalized spacial score (nSPS) is 23.9. The zero-order valence-electron chi connectivity index (χ0n) is 15.5. The summed E-state index contributed by atoms with van der Waals surface area (Å²) in [7, 11) is 3.95. The summed E-state index contributed by atoms with van der Waals surface area (Å²) in [6.07, 6.45) is 1.01. The first-order chi connectivity index (χ1) is 11.8. The number of aliphatic hydroxyl groups excluding tert-OH is 1. The highest BCUT2D eigenvalue weighted by Crippen LogP contribution is 2.22. The van der Waals surface area contributed by atoms with Crippen LogP contribution < -0.4 is 10.6 Å². The summed E-state index contributed by atoms with van der Waals surface area (Å²) in [6.45, 7) is 4.77. The lowest BCUT2D eigenvalue weighted by molar-refractivity contribution is -0.113. The number of carbonyl (C=O) groups is 1. The topological polar surface area (TPSA) is 99.9 Å². The van der Waals surface area contributed by atoms with E-state index in [4.69, 9.17) is 9.26 Å². The van der Waals surface area contributed by atoms with Gasteiger partial charge >= 0.3 is 6.03 Å². The molecule has 0 bridgehead atoms. The molecule has 1 aliphatic heterocycles. The molecule has 3 atom stereocenters. The molecule has 2 amide bonds. The summed E-state index contributed by atoms with van der Waals surface area (Å²) in [6, 6.07) is 1.75. The van der Waals surface area contributed by atoms with Gasteiger partial charge in [0.1, 0.15) is 6.10 Å². The molecule has 8 heteroatoms. The van der Waals surface area contributed by atoms with Gasteiger partial charge in [0.05, 0.1) is 24.4 Å². The van der Waals surface area contributed by atoms with E-state index in [0.717, 1.165) is 17.9 Å². The molecule has 3 N–H and O–H groups in total. The molecule has 142 valence electrons. The number of rotatable bonds is 7. The van der Waals surface area contributed by atoms with Crippen molar-refractivity contribution in [2.75, 3.05) is 20.6 Å². The molecular formula is C17H30N4O4. The summed E-state index contributed by atoms with van der Waals surface area (Å²) in [5, 5.41) is 19.7. The predicted octanol–water partition coefficient (Wildman–Crippen LogP) is 0.895. The van der Waals surface area contributed by atoms with Gasteiger partial charge in [-0.25, -0.2) is 4.79 Å². The van der Waals surface area contributed by atoms with Crippen LogP contribution in [0.15, 0.2) is 10.6 Å². The molecule has 0 saturated carbocycles. The minimum Gasteiger partial charge on any atom is -0.390 e. The highest BCUT2D eigenvalue weighted by molar-refractivity contribution is 5.74. The van der Waals surface area contributed by atoms with E-state index in [1.807, 2.05) is 38.9 Å². The van der Waals surface area contributed by atoms with Crippen LogP contribution in [0.25, 0.3) is 0 Å².